The number of carbonyl (C=O) groups is 1. The van der Waals surface area contributed by atoms with E-state index in [1.165, 1.54) is 12.3 Å². The van der Waals surface area contributed by atoms with Gasteiger partial charge in [-0.3, -0.25) is 20.4 Å². The lowest BCUT2D eigenvalue weighted by molar-refractivity contribution is 0.0694. The summed E-state index contributed by atoms with van der Waals surface area (Å²) >= 11 is 0. The Balaban J connectivity index is 0.785. The number of piperazine rings is 3. The minimum atomic E-state index is -1.38. The third-order valence-electron chi connectivity index (χ3n) is 12.9. The highest BCUT2D eigenvalue weighted by Crippen LogP contribution is 2.43. The molecule has 3 fully saturated rings. The molecule has 0 saturated carbocycles. The van der Waals surface area contributed by atoms with E-state index in [1.54, 1.807) is 32.4 Å². The van der Waals surface area contributed by atoms with Crippen molar-refractivity contribution in [2.45, 2.75) is 32.9 Å². The van der Waals surface area contributed by atoms with Gasteiger partial charge in [-0.05, 0) is 32.9 Å². The Morgan fingerprint density at radius 2 is 1.06 bits per heavy atom. The molecule has 2 atom stereocenters. The molecule has 5 aliphatic rings. The van der Waals surface area contributed by atoms with Crippen LogP contribution < -0.4 is 41.6 Å². The fourth-order valence-electron chi connectivity index (χ4n) is 9.25. The SMILES string of the molecule is Cc1cn2c3c(c(N4CCN(C(=N)/N=C(\N)N5CCN(/C(N)=N/C(=N)N6CCN(c7c(F)cc8c(=O)c(C(=O)O)cn9c8c7OCC9C)CC6)CC5)CC4)c(F)cc3c1=O)OCC2C. The number of carboxylic acid groups (broad SMARTS) is 1. The number of guanidine groups is 4. The fourth-order valence-corrected chi connectivity index (χ4v) is 9.25. The number of benzene rings is 2. The first-order chi connectivity index (χ1) is 30.6. The second-order valence-corrected chi connectivity index (χ2v) is 16.8. The number of aromatic carboxylic acids is 1. The van der Waals surface area contributed by atoms with Gasteiger partial charge in [-0.15, -0.1) is 0 Å². The topological polar surface area (TPSA) is 244 Å². The standard InChI is InChI=1S/C42H50F2N14O6/c1-22-18-57-23(2)20-63-36-30(57)25(34(22)59)16-28(43)32(36)51-4-8-53(9-5-51)39(45)49-41(47)55-12-14-56(15-13-55)42(48)50-40(46)54-10-6-52(7-11-54)33-29(44)17-26-31-37(33)64-21-24(3)58(31)19-27(35(26)60)38(61)62/h16-19,23-24H,4-15,20-21H2,1-3H3,(H,61,62)(H3,45,47,49)(H3,46,48,50). The predicted molar refractivity (Wildman–Crippen MR) is 238 cm³/mol. The first-order valence-electron chi connectivity index (χ1n) is 21.2. The summed E-state index contributed by atoms with van der Waals surface area (Å²) in [4.78, 5) is 57.4. The molecular weight excluding hydrogens is 835 g/mol. The van der Waals surface area contributed by atoms with Crippen molar-refractivity contribution in [3.05, 3.63) is 67.7 Å². The van der Waals surface area contributed by atoms with E-state index in [0.717, 1.165) is 6.07 Å². The summed E-state index contributed by atoms with van der Waals surface area (Å²) in [5, 5.41) is 27.3. The number of aliphatic imine (C=N–C) groups is 2. The molecule has 20 nitrogen and oxygen atoms in total. The molecule has 22 heteroatoms. The Hall–Kier alpha value is -7.13. The van der Waals surface area contributed by atoms with Gasteiger partial charge in [0.15, 0.2) is 40.5 Å². The number of nitrogens with two attached hydrogens (primary N) is 2. The van der Waals surface area contributed by atoms with Gasteiger partial charge in [-0.25, -0.2) is 13.6 Å². The van der Waals surface area contributed by atoms with E-state index < -0.39 is 28.6 Å². The minimum Gasteiger partial charge on any atom is -0.487 e. The van der Waals surface area contributed by atoms with Crippen LogP contribution in [-0.2, 0) is 0 Å². The molecule has 2 aromatic heterocycles. The molecule has 0 amide bonds. The van der Waals surface area contributed by atoms with Crippen LogP contribution in [0, 0.1) is 29.4 Å². The average Bonchev–Trinajstić information content (AvgIpc) is 3.28. The van der Waals surface area contributed by atoms with Gasteiger partial charge in [0.2, 0.25) is 17.3 Å². The van der Waals surface area contributed by atoms with Gasteiger partial charge in [0, 0.05) is 96.5 Å². The lowest BCUT2D eigenvalue weighted by Crippen LogP contribution is -2.55. The van der Waals surface area contributed by atoms with E-state index in [4.69, 9.17) is 31.8 Å². The molecule has 2 unspecified atom stereocenters. The molecule has 4 aromatic rings. The van der Waals surface area contributed by atoms with Crippen molar-refractivity contribution in [1.82, 2.24) is 28.7 Å². The third kappa shape index (κ3) is 7.18. The molecule has 7 heterocycles. The Morgan fingerprint density at radius 3 is 1.48 bits per heavy atom. The van der Waals surface area contributed by atoms with Crippen LogP contribution in [0.5, 0.6) is 11.5 Å². The number of pyridine rings is 2. The summed E-state index contributed by atoms with van der Waals surface area (Å²) in [6.07, 6.45) is 3.10. The summed E-state index contributed by atoms with van der Waals surface area (Å²) in [6.45, 7) is 10.7. The smallest absolute Gasteiger partial charge is 0.341 e. The Labute approximate surface area is 365 Å². The van der Waals surface area contributed by atoms with Crippen molar-refractivity contribution >= 4 is 63.0 Å². The number of ether oxygens (including phenoxy) is 2. The molecule has 7 N–H and O–H groups in total. The zero-order valence-electron chi connectivity index (χ0n) is 35.7. The third-order valence-corrected chi connectivity index (χ3v) is 12.9. The van der Waals surface area contributed by atoms with Crippen LogP contribution >= 0.6 is 0 Å². The van der Waals surface area contributed by atoms with Crippen LogP contribution in [0.15, 0.2) is 44.1 Å². The number of rotatable bonds is 3. The van der Waals surface area contributed by atoms with E-state index in [9.17, 15) is 19.5 Å². The Bertz CT molecular complexity index is 2800. The highest BCUT2D eigenvalue weighted by atomic mass is 19.1. The first-order valence-corrected chi connectivity index (χ1v) is 21.2. The number of aryl methyl sites for hydroxylation is 1. The van der Waals surface area contributed by atoms with E-state index >= 15 is 8.78 Å². The molecule has 64 heavy (non-hydrogen) atoms. The van der Waals surface area contributed by atoms with Gasteiger partial charge in [-0.1, -0.05) is 0 Å². The quantitative estimate of drug-likeness (QED) is 0.145. The number of aromatic nitrogens is 2. The average molecular weight is 885 g/mol. The number of nitrogens with one attached hydrogen (secondary N) is 2. The van der Waals surface area contributed by atoms with Crippen molar-refractivity contribution in [2.24, 2.45) is 21.5 Å². The minimum absolute atomic E-state index is 0.0107. The molecule has 0 spiro atoms. The summed E-state index contributed by atoms with van der Waals surface area (Å²) in [5.74, 6) is -1.77. The van der Waals surface area contributed by atoms with Crippen LogP contribution in [0.4, 0.5) is 20.2 Å². The van der Waals surface area contributed by atoms with Gasteiger partial charge < -0.3 is 64.6 Å². The van der Waals surface area contributed by atoms with Crippen LogP contribution in [0.1, 0.15) is 41.9 Å². The predicted octanol–water partition coefficient (Wildman–Crippen LogP) is 1.57. The number of halogens is 2. The van der Waals surface area contributed by atoms with E-state index in [-0.39, 0.29) is 64.8 Å². The number of hydrogen-bond donors (Lipinski definition) is 5. The van der Waals surface area contributed by atoms with Crippen molar-refractivity contribution in [3.63, 3.8) is 0 Å². The Kier molecular flexibility index (Phi) is 10.7. The van der Waals surface area contributed by atoms with Crippen molar-refractivity contribution < 1.29 is 28.2 Å². The van der Waals surface area contributed by atoms with Gasteiger partial charge >= 0.3 is 5.97 Å². The molecular formula is C42H50F2N14O6. The van der Waals surface area contributed by atoms with Crippen molar-refractivity contribution in [2.75, 3.05) is 102 Å². The first kappa shape index (κ1) is 42.2. The van der Waals surface area contributed by atoms with Gasteiger partial charge in [0.05, 0.1) is 33.9 Å². The van der Waals surface area contributed by atoms with E-state index in [0.29, 0.717) is 119 Å². The lowest BCUT2D eigenvalue weighted by atomic mass is 10.1. The maximum atomic E-state index is 15.8. The van der Waals surface area contributed by atoms with Gasteiger partial charge in [0.25, 0.3) is 0 Å². The second-order valence-electron chi connectivity index (χ2n) is 16.8. The van der Waals surface area contributed by atoms with Gasteiger partial charge in [0.1, 0.15) is 30.2 Å². The highest BCUT2D eigenvalue weighted by Gasteiger charge is 2.34. The zero-order valence-corrected chi connectivity index (χ0v) is 35.7. The largest absolute Gasteiger partial charge is 0.487 e. The number of hydrogen-bond acceptors (Lipinski definition) is 9. The monoisotopic (exact) mass is 884 g/mol. The fraction of sp³-hybridized carbons (Fsp3) is 0.452. The molecule has 5 aliphatic heterocycles. The summed E-state index contributed by atoms with van der Waals surface area (Å²) in [5.41, 5.74) is 13.3. The normalized spacial score (nSPS) is 20.5. The molecule has 9 rings (SSSR count). The van der Waals surface area contributed by atoms with Crippen LogP contribution in [-0.4, -0.2) is 155 Å². The summed E-state index contributed by atoms with van der Waals surface area (Å²) in [6, 6.07) is 2.08. The van der Waals surface area contributed by atoms with Crippen molar-refractivity contribution in [3.8, 4) is 11.5 Å². The van der Waals surface area contributed by atoms with E-state index in [2.05, 4.69) is 9.98 Å². The number of carboxylic acids is 1. The maximum absolute atomic E-state index is 15.8. The lowest BCUT2D eigenvalue weighted by Gasteiger charge is -2.39. The summed E-state index contributed by atoms with van der Waals surface area (Å²) < 4.78 is 47.2. The molecule has 0 bridgehead atoms. The maximum Gasteiger partial charge on any atom is 0.341 e. The molecule has 338 valence electrons. The summed E-state index contributed by atoms with van der Waals surface area (Å²) in [7, 11) is 0. The molecule has 0 radical (unpaired) electrons. The van der Waals surface area contributed by atoms with Crippen LogP contribution in [0.2, 0.25) is 0 Å². The highest BCUT2D eigenvalue weighted by molar-refractivity contribution is 5.98. The molecule has 2 aromatic carbocycles. The van der Waals surface area contributed by atoms with Crippen LogP contribution in [0.25, 0.3) is 21.8 Å². The second kappa shape index (κ2) is 16.2. The van der Waals surface area contributed by atoms with Crippen molar-refractivity contribution in [1.29, 1.82) is 10.8 Å². The Morgan fingerprint density at radius 1 is 0.672 bits per heavy atom. The number of nitrogens with zero attached hydrogens (tertiary/aromatic N) is 10. The van der Waals surface area contributed by atoms with Crippen LogP contribution in [0.3, 0.4) is 0 Å². The molecule has 0 aliphatic carbocycles. The van der Waals surface area contributed by atoms with E-state index in [1.807, 2.05) is 33.1 Å². The zero-order chi connectivity index (χ0) is 45.3. The number of anilines is 2. The van der Waals surface area contributed by atoms with Gasteiger partial charge in [-0.2, -0.15) is 9.98 Å². The molecule has 3 saturated heterocycles.